The molecule has 0 radical (unpaired) electrons. The predicted octanol–water partition coefficient (Wildman–Crippen LogP) is 3.68. The molecule has 0 aliphatic heterocycles. The number of benzene rings is 1. The summed E-state index contributed by atoms with van der Waals surface area (Å²) in [5, 5.41) is 9.18. The van der Waals surface area contributed by atoms with E-state index in [1.165, 1.54) is 0 Å². The molecule has 140 valence electrons. The summed E-state index contributed by atoms with van der Waals surface area (Å²) < 4.78 is 0. The van der Waals surface area contributed by atoms with Crippen LogP contribution in [-0.2, 0) is 0 Å². The quantitative estimate of drug-likeness (QED) is 0.568. The summed E-state index contributed by atoms with van der Waals surface area (Å²) in [7, 11) is 0. The van der Waals surface area contributed by atoms with Crippen LogP contribution in [0.25, 0.3) is 0 Å². The van der Waals surface area contributed by atoms with Gasteiger partial charge in [0.2, 0.25) is 5.95 Å². The summed E-state index contributed by atoms with van der Waals surface area (Å²) in [6.07, 6.45) is 8.89. The Morgan fingerprint density at radius 1 is 0.759 bits per heavy atom. The van der Waals surface area contributed by atoms with Crippen LogP contribution in [0, 0.1) is 11.3 Å². The molecule has 0 bridgehead atoms. The highest BCUT2D eigenvalue weighted by Crippen LogP contribution is 2.41. The molecule has 1 atom stereocenters. The molecule has 3 heterocycles. The highest BCUT2D eigenvalue weighted by molar-refractivity contribution is 5.44. The highest BCUT2D eigenvalue weighted by Gasteiger charge is 2.30. The summed E-state index contributed by atoms with van der Waals surface area (Å²) in [4.78, 5) is 17.2. The van der Waals surface area contributed by atoms with Gasteiger partial charge in [0.1, 0.15) is 0 Å². The van der Waals surface area contributed by atoms with E-state index in [0.717, 1.165) is 22.4 Å². The maximum Gasteiger partial charge on any atom is 0.220 e. The first-order chi connectivity index (χ1) is 14.3. The van der Waals surface area contributed by atoms with Crippen LogP contribution < -0.4 is 5.73 Å². The molecule has 0 spiro atoms. The van der Waals surface area contributed by atoms with Gasteiger partial charge in [0.05, 0.1) is 17.3 Å². The molecule has 4 aromatic rings. The fraction of sp³-hybridized carbons (Fsp3) is 0.0870. The zero-order valence-electron chi connectivity index (χ0n) is 15.6. The third kappa shape index (κ3) is 3.94. The van der Waals surface area contributed by atoms with E-state index in [0.29, 0.717) is 5.56 Å². The lowest BCUT2D eigenvalue weighted by Crippen LogP contribution is -2.17. The number of nitrogens with zero attached hydrogens (tertiary/aromatic N) is 5. The number of rotatable bonds is 5. The van der Waals surface area contributed by atoms with Crippen LogP contribution in [0.4, 0.5) is 5.95 Å². The van der Waals surface area contributed by atoms with E-state index in [2.05, 4.69) is 26.0 Å². The van der Waals surface area contributed by atoms with Crippen molar-refractivity contribution < 1.29 is 0 Å². The molecule has 6 heteroatoms. The molecule has 1 unspecified atom stereocenters. The molecule has 6 nitrogen and oxygen atoms in total. The maximum atomic E-state index is 9.18. The molecular weight excluding hydrogens is 360 g/mol. The first-order valence-corrected chi connectivity index (χ1v) is 9.14. The first-order valence-electron chi connectivity index (χ1n) is 9.14. The van der Waals surface area contributed by atoms with E-state index >= 15 is 0 Å². The second kappa shape index (κ2) is 8.28. The summed E-state index contributed by atoms with van der Waals surface area (Å²) in [5.41, 5.74) is 10.4. The van der Waals surface area contributed by atoms with Crippen LogP contribution >= 0.6 is 0 Å². The van der Waals surface area contributed by atoms with Gasteiger partial charge in [0, 0.05) is 42.8 Å². The summed E-state index contributed by atoms with van der Waals surface area (Å²) in [5.74, 6) is -0.0432. The lowest BCUT2D eigenvalue weighted by molar-refractivity contribution is 0.668. The van der Waals surface area contributed by atoms with Crippen molar-refractivity contribution in [2.45, 2.75) is 11.8 Å². The van der Waals surface area contributed by atoms with Gasteiger partial charge in [-0.05, 0) is 47.0 Å². The minimum Gasteiger partial charge on any atom is -0.368 e. The average molecular weight is 378 g/mol. The fourth-order valence-corrected chi connectivity index (χ4v) is 3.56. The van der Waals surface area contributed by atoms with Crippen molar-refractivity contribution in [3.05, 3.63) is 114 Å². The third-order valence-corrected chi connectivity index (χ3v) is 4.83. The van der Waals surface area contributed by atoms with Gasteiger partial charge in [-0.3, -0.25) is 9.97 Å². The maximum absolute atomic E-state index is 9.18. The topological polar surface area (TPSA) is 101 Å². The molecule has 1 aromatic carbocycles. The number of nitrogen functional groups attached to an aromatic ring is 1. The molecule has 0 aliphatic carbocycles. The van der Waals surface area contributed by atoms with Crippen LogP contribution in [0.1, 0.15) is 39.8 Å². The van der Waals surface area contributed by atoms with Gasteiger partial charge < -0.3 is 5.73 Å². The Balaban J connectivity index is 1.94. The van der Waals surface area contributed by atoms with Crippen molar-refractivity contribution in [3.8, 4) is 6.07 Å². The summed E-state index contributed by atoms with van der Waals surface area (Å²) in [6, 6.07) is 19.5. The Morgan fingerprint density at radius 3 is 1.93 bits per heavy atom. The van der Waals surface area contributed by atoms with Gasteiger partial charge in [-0.2, -0.15) is 5.26 Å². The molecule has 0 fully saturated rings. The molecule has 0 amide bonds. The van der Waals surface area contributed by atoms with Crippen molar-refractivity contribution in [2.75, 3.05) is 5.73 Å². The monoisotopic (exact) mass is 378 g/mol. The van der Waals surface area contributed by atoms with E-state index in [1.54, 1.807) is 18.6 Å². The molecule has 3 aromatic heterocycles. The number of anilines is 1. The van der Waals surface area contributed by atoms with Gasteiger partial charge >= 0.3 is 0 Å². The Morgan fingerprint density at radius 2 is 1.41 bits per heavy atom. The van der Waals surface area contributed by atoms with Crippen molar-refractivity contribution in [2.24, 2.45) is 0 Å². The van der Waals surface area contributed by atoms with E-state index in [9.17, 15) is 5.26 Å². The van der Waals surface area contributed by atoms with Crippen LogP contribution in [0.15, 0.2) is 85.6 Å². The van der Waals surface area contributed by atoms with Gasteiger partial charge in [0.15, 0.2) is 0 Å². The second-order valence-electron chi connectivity index (χ2n) is 6.60. The number of nitrogens with two attached hydrogens (primary N) is 1. The van der Waals surface area contributed by atoms with Gasteiger partial charge in [-0.25, -0.2) is 9.97 Å². The van der Waals surface area contributed by atoms with Crippen LogP contribution in [0.2, 0.25) is 0 Å². The largest absolute Gasteiger partial charge is 0.368 e. The van der Waals surface area contributed by atoms with Crippen molar-refractivity contribution >= 4 is 5.95 Å². The van der Waals surface area contributed by atoms with Gasteiger partial charge in [-0.1, -0.05) is 24.3 Å². The normalized spacial score (nSPS) is 11.7. The highest BCUT2D eigenvalue weighted by atomic mass is 15.0. The minimum atomic E-state index is -0.165. The van der Waals surface area contributed by atoms with Crippen LogP contribution in [0.3, 0.4) is 0 Å². The summed E-state index contributed by atoms with van der Waals surface area (Å²) in [6.45, 7) is 0. The molecule has 0 saturated heterocycles. The van der Waals surface area contributed by atoms with Crippen LogP contribution in [0.5, 0.6) is 0 Å². The predicted molar refractivity (Wildman–Crippen MR) is 110 cm³/mol. The Bertz CT molecular complexity index is 1080. The van der Waals surface area contributed by atoms with E-state index in [4.69, 9.17) is 5.73 Å². The van der Waals surface area contributed by atoms with Crippen molar-refractivity contribution in [1.82, 2.24) is 19.9 Å². The smallest absolute Gasteiger partial charge is 0.220 e. The molecule has 0 aliphatic rings. The zero-order chi connectivity index (χ0) is 20.1. The number of pyridine rings is 2. The standard InChI is InChI=1S/C23H18N6/c24-13-16-5-7-17(8-6-16)22(20-9-12-28-23(25)29-20)21(18-3-1-10-26-14-18)19-4-2-11-27-15-19/h1-12,14-15,21-22H,(H2,25,28,29). The second-order valence-corrected chi connectivity index (χ2v) is 6.60. The average Bonchev–Trinajstić information content (AvgIpc) is 2.79. The van der Waals surface area contributed by atoms with Gasteiger partial charge in [-0.15, -0.1) is 0 Å². The Kier molecular flexibility index (Phi) is 5.21. The molecule has 4 rings (SSSR count). The Hall–Kier alpha value is -4.11. The lowest BCUT2D eigenvalue weighted by atomic mass is 9.76. The first kappa shape index (κ1) is 18.3. The number of nitriles is 1. The van der Waals surface area contributed by atoms with Crippen LogP contribution in [-0.4, -0.2) is 19.9 Å². The molecular formula is C23H18N6. The third-order valence-electron chi connectivity index (χ3n) is 4.83. The van der Waals surface area contributed by atoms with E-state index in [1.807, 2.05) is 67.0 Å². The lowest BCUT2D eigenvalue weighted by Gasteiger charge is -2.28. The van der Waals surface area contributed by atoms with E-state index < -0.39 is 0 Å². The number of aromatic nitrogens is 4. The molecule has 29 heavy (non-hydrogen) atoms. The van der Waals surface area contributed by atoms with Crippen molar-refractivity contribution in [1.29, 1.82) is 5.26 Å². The fourth-order valence-electron chi connectivity index (χ4n) is 3.56. The SMILES string of the molecule is N#Cc1ccc(C(c2ccnc(N)n2)C(c2cccnc2)c2cccnc2)cc1. The molecule has 0 saturated carbocycles. The Labute approximate surface area is 168 Å². The summed E-state index contributed by atoms with van der Waals surface area (Å²) >= 11 is 0. The molecule has 2 N–H and O–H groups in total. The van der Waals surface area contributed by atoms with E-state index in [-0.39, 0.29) is 17.8 Å². The van der Waals surface area contributed by atoms with Gasteiger partial charge in [0.25, 0.3) is 0 Å². The number of hydrogen-bond acceptors (Lipinski definition) is 6. The zero-order valence-corrected chi connectivity index (χ0v) is 15.6. The van der Waals surface area contributed by atoms with Crippen molar-refractivity contribution in [3.63, 3.8) is 0 Å². The minimum absolute atomic E-state index is 0.0976. The number of hydrogen-bond donors (Lipinski definition) is 1.